The highest BCUT2D eigenvalue weighted by molar-refractivity contribution is 7.97. The number of allylic oxidation sites excluding steroid dienone is 1. The third kappa shape index (κ3) is 1.70. The molecule has 0 spiro atoms. The number of halogens is 1. The van der Waals surface area contributed by atoms with Crippen molar-refractivity contribution in [2.45, 2.75) is 4.90 Å². The fourth-order valence-corrected chi connectivity index (χ4v) is 2.65. The van der Waals surface area contributed by atoms with Gasteiger partial charge in [0, 0.05) is 17.5 Å². The number of hydrogen-bond acceptors (Lipinski definition) is 4. The monoisotopic (exact) mass is 241 g/mol. The molecule has 5 heteroatoms. The van der Waals surface area contributed by atoms with Crippen LogP contribution >= 0.6 is 23.5 Å². The zero-order valence-electron chi connectivity index (χ0n) is 7.90. The van der Waals surface area contributed by atoms with Crippen molar-refractivity contribution in [2.24, 2.45) is 0 Å². The average molecular weight is 242 g/mol. The Kier molecular flexibility index (Phi) is 2.63. The molecule has 0 fully saturated rings. The van der Waals surface area contributed by atoms with Crippen molar-refractivity contribution in [1.29, 1.82) is 0 Å². The van der Waals surface area contributed by atoms with Gasteiger partial charge in [0.15, 0.2) is 11.5 Å². The number of carbonyl (C=O) groups is 1. The first-order valence-electron chi connectivity index (χ1n) is 4.25. The van der Waals surface area contributed by atoms with Crippen molar-refractivity contribution >= 4 is 34.6 Å². The maximum atomic E-state index is 11.1. The van der Waals surface area contributed by atoms with Gasteiger partial charge in [-0.05, 0) is 35.7 Å². The molecule has 0 aromatic heterocycles. The van der Waals surface area contributed by atoms with Crippen LogP contribution < -0.4 is 0 Å². The second-order valence-corrected chi connectivity index (χ2v) is 4.57. The number of hydrogen-bond donors (Lipinski definition) is 1. The van der Waals surface area contributed by atoms with Gasteiger partial charge in [-0.25, -0.2) is 0 Å². The Hall–Kier alpha value is -1.13. The van der Waals surface area contributed by atoms with Gasteiger partial charge in [-0.15, -0.1) is 0 Å². The van der Waals surface area contributed by atoms with E-state index in [4.69, 9.17) is 11.6 Å². The highest BCUT2D eigenvalue weighted by Crippen LogP contribution is 2.38. The van der Waals surface area contributed by atoms with Gasteiger partial charge >= 0.3 is 0 Å². The van der Waals surface area contributed by atoms with E-state index in [1.54, 1.807) is 23.5 Å². The van der Waals surface area contributed by atoms with Crippen molar-refractivity contribution in [2.75, 3.05) is 7.05 Å². The Bertz CT molecular complexity index is 458. The number of benzene rings is 1. The lowest BCUT2D eigenvalue weighted by Gasteiger charge is -2.25. The van der Waals surface area contributed by atoms with Gasteiger partial charge < -0.3 is 9.41 Å². The number of rotatable bonds is 1. The van der Waals surface area contributed by atoms with Gasteiger partial charge in [-0.1, -0.05) is 12.1 Å². The average Bonchev–Trinajstić information content (AvgIpc) is 2.17. The molecule has 1 heterocycles. The molecule has 0 radical (unpaired) electrons. The van der Waals surface area contributed by atoms with E-state index < -0.39 is 5.24 Å². The van der Waals surface area contributed by atoms with E-state index in [1.807, 2.05) is 12.1 Å². The number of carbonyl (C=O) groups excluding carboxylic acids is 1. The fraction of sp³-hybridized carbons (Fsp3) is 0.100. The summed E-state index contributed by atoms with van der Waals surface area (Å²) in [6.45, 7) is 0. The summed E-state index contributed by atoms with van der Waals surface area (Å²) in [5, 5.41) is 9.23. The molecule has 1 aliphatic heterocycles. The van der Waals surface area contributed by atoms with Crippen LogP contribution in [0.4, 0.5) is 0 Å². The molecule has 0 bridgehead atoms. The largest absolute Gasteiger partial charge is 0.505 e. The zero-order chi connectivity index (χ0) is 11.0. The Morgan fingerprint density at radius 1 is 1.47 bits per heavy atom. The molecule has 0 saturated carbocycles. The summed E-state index contributed by atoms with van der Waals surface area (Å²) in [6.07, 6.45) is 0. The van der Waals surface area contributed by atoms with Gasteiger partial charge in [0.25, 0.3) is 5.24 Å². The second-order valence-electron chi connectivity index (χ2n) is 3.06. The third-order valence-electron chi connectivity index (χ3n) is 2.10. The molecule has 1 N–H and O–H groups in total. The maximum absolute atomic E-state index is 11.1. The molecule has 0 unspecified atom stereocenters. The van der Waals surface area contributed by atoms with Crippen LogP contribution in [0.1, 0.15) is 5.56 Å². The van der Waals surface area contributed by atoms with Crippen molar-refractivity contribution in [3.63, 3.8) is 0 Å². The van der Waals surface area contributed by atoms with Gasteiger partial charge in [-0.3, -0.25) is 4.79 Å². The zero-order valence-corrected chi connectivity index (χ0v) is 9.47. The molecule has 2 rings (SSSR count). The minimum Gasteiger partial charge on any atom is -0.505 e. The molecule has 3 nitrogen and oxygen atoms in total. The second kappa shape index (κ2) is 3.79. The third-order valence-corrected chi connectivity index (χ3v) is 3.29. The van der Waals surface area contributed by atoms with Crippen molar-refractivity contribution in [3.8, 4) is 0 Å². The van der Waals surface area contributed by atoms with Crippen LogP contribution in [0.15, 0.2) is 34.9 Å². The van der Waals surface area contributed by atoms with E-state index >= 15 is 0 Å². The Labute approximate surface area is 96.5 Å². The highest BCUT2D eigenvalue weighted by atomic mass is 35.5. The summed E-state index contributed by atoms with van der Waals surface area (Å²) in [5.74, 6) is -0.0631. The predicted molar refractivity (Wildman–Crippen MR) is 60.5 cm³/mol. The number of nitrogens with zero attached hydrogens (tertiary/aromatic N) is 1. The van der Waals surface area contributed by atoms with Crippen LogP contribution in [0, 0.1) is 0 Å². The molecule has 0 saturated heterocycles. The maximum Gasteiger partial charge on any atom is 0.273 e. The lowest BCUT2D eigenvalue weighted by atomic mass is 10.1. The summed E-state index contributed by atoms with van der Waals surface area (Å²) in [7, 11) is 1.69. The van der Waals surface area contributed by atoms with Crippen molar-refractivity contribution in [1.82, 2.24) is 4.31 Å². The van der Waals surface area contributed by atoms with Crippen LogP contribution in [0.3, 0.4) is 0 Å². The lowest BCUT2D eigenvalue weighted by Crippen LogP contribution is -2.19. The molecular weight excluding hydrogens is 234 g/mol. The van der Waals surface area contributed by atoms with E-state index in [0.29, 0.717) is 5.56 Å². The Balaban J connectivity index is 2.62. The summed E-state index contributed by atoms with van der Waals surface area (Å²) >= 11 is 6.76. The molecular formula is C10H8ClNO2S. The highest BCUT2D eigenvalue weighted by Gasteiger charge is 2.26. The fourth-order valence-electron chi connectivity index (χ4n) is 1.43. The number of aliphatic hydroxyl groups is 1. The quantitative estimate of drug-likeness (QED) is 0.606. The molecule has 0 aliphatic carbocycles. The SMILES string of the molecule is CN1Sc2ccccc2C(O)=C1C(=O)Cl. The van der Waals surface area contributed by atoms with Crippen LogP contribution in [-0.4, -0.2) is 21.7 Å². The molecule has 78 valence electrons. The lowest BCUT2D eigenvalue weighted by molar-refractivity contribution is -0.109. The normalized spacial score (nSPS) is 15.2. The van der Waals surface area contributed by atoms with Crippen LogP contribution in [0.2, 0.25) is 0 Å². The number of aliphatic hydroxyl groups excluding tert-OH is 1. The number of fused-ring (bicyclic) bond motifs is 1. The molecule has 0 atom stereocenters. The first kappa shape index (κ1) is 10.4. The first-order valence-corrected chi connectivity index (χ1v) is 5.40. The van der Waals surface area contributed by atoms with E-state index in [1.165, 1.54) is 11.9 Å². The first-order chi connectivity index (χ1) is 7.11. The molecule has 1 aromatic rings. The summed E-state index contributed by atoms with van der Waals surface area (Å²) in [4.78, 5) is 12.0. The van der Waals surface area contributed by atoms with Gasteiger partial charge in [-0.2, -0.15) is 0 Å². The minimum atomic E-state index is -0.656. The molecule has 0 amide bonds. The van der Waals surface area contributed by atoms with Crippen molar-refractivity contribution in [3.05, 3.63) is 35.5 Å². The summed E-state index contributed by atoms with van der Waals surface area (Å²) < 4.78 is 1.56. The standard InChI is InChI=1S/C10H8ClNO2S/c1-12-8(10(11)14)9(13)6-4-2-3-5-7(6)15-12/h2-5,13H,1H3. The van der Waals surface area contributed by atoms with E-state index in [2.05, 4.69) is 0 Å². The summed E-state index contributed by atoms with van der Waals surface area (Å²) in [5.41, 5.74) is 0.768. The predicted octanol–water partition coefficient (Wildman–Crippen LogP) is 2.63. The minimum absolute atomic E-state index is 0.0631. The van der Waals surface area contributed by atoms with Crippen LogP contribution in [0.25, 0.3) is 5.76 Å². The number of likely N-dealkylation sites (N-methyl/N-ethyl adjacent to an activating group) is 1. The van der Waals surface area contributed by atoms with E-state index in [-0.39, 0.29) is 11.5 Å². The van der Waals surface area contributed by atoms with Crippen molar-refractivity contribution < 1.29 is 9.90 Å². The van der Waals surface area contributed by atoms with Crippen LogP contribution in [-0.2, 0) is 4.79 Å². The van der Waals surface area contributed by atoms with Gasteiger partial charge in [0.05, 0.1) is 0 Å². The smallest absolute Gasteiger partial charge is 0.273 e. The molecule has 1 aliphatic rings. The Morgan fingerprint density at radius 2 is 2.13 bits per heavy atom. The topological polar surface area (TPSA) is 40.5 Å². The van der Waals surface area contributed by atoms with Gasteiger partial charge in [0.1, 0.15) is 0 Å². The van der Waals surface area contributed by atoms with Crippen LogP contribution in [0.5, 0.6) is 0 Å². The summed E-state index contributed by atoms with van der Waals surface area (Å²) in [6, 6.07) is 7.31. The van der Waals surface area contributed by atoms with E-state index in [9.17, 15) is 9.90 Å². The Morgan fingerprint density at radius 3 is 2.80 bits per heavy atom. The van der Waals surface area contributed by atoms with Gasteiger partial charge in [0.2, 0.25) is 0 Å². The molecule has 15 heavy (non-hydrogen) atoms. The molecule has 1 aromatic carbocycles. The van der Waals surface area contributed by atoms with E-state index in [0.717, 1.165) is 4.90 Å².